The van der Waals surface area contributed by atoms with Crippen LogP contribution in [0.2, 0.25) is 0 Å². The zero-order chi connectivity index (χ0) is 13.5. The first-order valence-electron chi connectivity index (χ1n) is 5.91. The third-order valence-corrected chi connectivity index (χ3v) is 3.39. The number of hydrazine groups is 1. The summed E-state index contributed by atoms with van der Waals surface area (Å²) in [6.07, 6.45) is 0.965. The number of anilines is 2. The zero-order valence-corrected chi connectivity index (χ0v) is 11.5. The maximum absolute atomic E-state index is 5.38. The molecule has 2 heterocycles. The predicted octanol–water partition coefficient (Wildman–Crippen LogP) is 1.62. The van der Waals surface area contributed by atoms with Gasteiger partial charge in [-0.1, -0.05) is 6.07 Å². The van der Waals surface area contributed by atoms with Gasteiger partial charge in [0.25, 0.3) is 0 Å². The Morgan fingerprint density at radius 3 is 2.89 bits per heavy atom. The van der Waals surface area contributed by atoms with Crippen molar-refractivity contribution in [3.05, 3.63) is 34.3 Å². The lowest BCUT2D eigenvalue weighted by molar-refractivity contribution is 0.178. The first kappa shape index (κ1) is 13.7. The molecule has 6 nitrogen and oxygen atoms in total. The van der Waals surface area contributed by atoms with Crippen molar-refractivity contribution in [2.75, 3.05) is 24.4 Å². The van der Waals surface area contributed by atoms with E-state index in [1.807, 2.05) is 0 Å². The zero-order valence-electron chi connectivity index (χ0n) is 10.7. The topological polar surface area (TPSA) is 85.1 Å². The highest BCUT2D eigenvalue weighted by atomic mass is 32.1. The van der Waals surface area contributed by atoms with E-state index in [-0.39, 0.29) is 0 Å². The van der Waals surface area contributed by atoms with Crippen molar-refractivity contribution in [3.8, 4) is 0 Å². The van der Waals surface area contributed by atoms with Crippen molar-refractivity contribution >= 4 is 23.0 Å². The number of thiophene rings is 1. The summed E-state index contributed by atoms with van der Waals surface area (Å²) >= 11 is 1.75. The van der Waals surface area contributed by atoms with Crippen LogP contribution in [0.15, 0.2) is 23.6 Å². The van der Waals surface area contributed by atoms with Gasteiger partial charge in [0.2, 0.25) is 0 Å². The highest BCUT2D eigenvalue weighted by Crippen LogP contribution is 2.12. The van der Waals surface area contributed by atoms with Gasteiger partial charge in [0.1, 0.15) is 18.2 Å². The second-order valence-electron chi connectivity index (χ2n) is 3.89. The van der Waals surface area contributed by atoms with Crippen LogP contribution in [-0.4, -0.2) is 23.6 Å². The number of methoxy groups -OCH3 is 1. The Morgan fingerprint density at radius 1 is 1.37 bits per heavy atom. The summed E-state index contributed by atoms with van der Waals surface area (Å²) in [5.74, 6) is 7.29. The van der Waals surface area contributed by atoms with Gasteiger partial charge in [0.05, 0.1) is 0 Å². The Bertz CT molecular complexity index is 503. The molecule has 2 rings (SSSR count). The summed E-state index contributed by atoms with van der Waals surface area (Å²) < 4.78 is 5.03. The van der Waals surface area contributed by atoms with Gasteiger partial charge in [-0.2, -0.15) is 0 Å². The Kier molecular flexibility index (Phi) is 5.08. The van der Waals surface area contributed by atoms with Crippen molar-refractivity contribution in [2.24, 2.45) is 5.84 Å². The summed E-state index contributed by atoms with van der Waals surface area (Å²) in [5.41, 5.74) is 2.53. The Balaban J connectivity index is 1.96. The number of nitrogens with zero attached hydrogens (tertiary/aromatic N) is 2. The second-order valence-corrected chi connectivity index (χ2v) is 4.92. The Labute approximate surface area is 116 Å². The molecule has 0 aromatic carbocycles. The van der Waals surface area contributed by atoms with E-state index in [2.05, 4.69) is 38.2 Å². The number of aromatic nitrogens is 2. The molecule has 0 spiro atoms. The lowest BCUT2D eigenvalue weighted by Crippen LogP contribution is -2.13. The van der Waals surface area contributed by atoms with Gasteiger partial charge in [-0.25, -0.2) is 15.8 Å². The highest BCUT2D eigenvalue weighted by Gasteiger charge is 2.03. The Morgan fingerprint density at radius 2 is 2.21 bits per heavy atom. The van der Waals surface area contributed by atoms with Crippen LogP contribution in [0.4, 0.5) is 11.6 Å². The predicted molar refractivity (Wildman–Crippen MR) is 77.1 cm³/mol. The molecule has 0 aliphatic carbocycles. The van der Waals surface area contributed by atoms with Crippen molar-refractivity contribution < 1.29 is 4.74 Å². The summed E-state index contributed by atoms with van der Waals surface area (Å²) in [6.45, 7) is 1.17. The second kappa shape index (κ2) is 7.03. The molecule has 0 amide bonds. The molecule has 7 heteroatoms. The molecule has 2 aromatic rings. The number of nitrogens with one attached hydrogen (secondary N) is 2. The molecule has 0 unspecified atom stereocenters. The van der Waals surface area contributed by atoms with Crippen molar-refractivity contribution in [1.29, 1.82) is 0 Å². The molecule has 0 fully saturated rings. The van der Waals surface area contributed by atoms with Gasteiger partial charge in [0.15, 0.2) is 5.82 Å². The SMILES string of the molecule is COCc1nc(NN)cc(NCCc2cccs2)n1. The molecule has 102 valence electrons. The van der Waals surface area contributed by atoms with Crippen LogP contribution in [0.25, 0.3) is 0 Å². The standard InChI is InChI=1S/C12H17N5OS/c1-18-8-12-15-10(7-11(16-12)17-13)14-5-4-9-3-2-6-19-9/h2-3,6-7H,4-5,8,13H2,1H3,(H2,14,15,16,17). The van der Waals surface area contributed by atoms with Gasteiger partial charge < -0.3 is 15.5 Å². The first-order chi connectivity index (χ1) is 9.31. The van der Waals surface area contributed by atoms with Crippen molar-refractivity contribution in [1.82, 2.24) is 9.97 Å². The minimum absolute atomic E-state index is 0.356. The van der Waals surface area contributed by atoms with E-state index >= 15 is 0 Å². The monoisotopic (exact) mass is 279 g/mol. The number of hydrogen-bond acceptors (Lipinski definition) is 7. The summed E-state index contributed by atoms with van der Waals surface area (Å²) in [7, 11) is 1.61. The third-order valence-electron chi connectivity index (χ3n) is 2.45. The third kappa shape index (κ3) is 4.16. The van der Waals surface area contributed by atoms with Crippen LogP contribution in [0.5, 0.6) is 0 Å². The van der Waals surface area contributed by atoms with Gasteiger partial charge >= 0.3 is 0 Å². The van der Waals surface area contributed by atoms with E-state index in [0.717, 1.165) is 18.8 Å². The summed E-state index contributed by atoms with van der Waals surface area (Å²) in [4.78, 5) is 9.88. The van der Waals surface area contributed by atoms with Crippen molar-refractivity contribution in [2.45, 2.75) is 13.0 Å². The number of rotatable bonds is 7. The lowest BCUT2D eigenvalue weighted by Gasteiger charge is -2.09. The molecular weight excluding hydrogens is 262 g/mol. The molecule has 4 N–H and O–H groups in total. The molecule has 0 aliphatic heterocycles. The van der Waals surface area contributed by atoms with E-state index in [4.69, 9.17) is 10.6 Å². The van der Waals surface area contributed by atoms with E-state index in [9.17, 15) is 0 Å². The molecule has 0 saturated carbocycles. The quantitative estimate of drug-likeness (QED) is 0.527. The largest absolute Gasteiger partial charge is 0.377 e. The van der Waals surface area contributed by atoms with Gasteiger partial charge in [0, 0.05) is 24.6 Å². The fourth-order valence-corrected chi connectivity index (χ4v) is 2.33. The van der Waals surface area contributed by atoms with Crippen LogP contribution < -0.4 is 16.6 Å². The number of ether oxygens (including phenoxy) is 1. The van der Waals surface area contributed by atoms with Crippen LogP contribution in [0, 0.1) is 0 Å². The summed E-state index contributed by atoms with van der Waals surface area (Å²) in [5, 5.41) is 5.34. The van der Waals surface area contributed by atoms with E-state index in [1.54, 1.807) is 24.5 Å². The van der Waals surface area contributed by atoms with Crippen LogP contribution in [-0.2, 0) is 17.8 Å². The fourth-order valence-electron chi connectivity index (χ4n) is 1.62. The van der Waals surface area contributed by atoms with Crippen molar-refractivity contribution in [3.63, 3.8) is 0 Å². The van der Waals surface area contributed by atoms with Crippen LogP contribution in [0.3, 0.4) is 0 Å². The van der Waals surface area contributed by atoms with E-state index in [1.165, 1.54) is 4.88 Å². The normalized spacial score (nSPS) is 10.4. The van der Waals surface area contributed by atoms with E-state index in [0.29, 0.717) is 18.2 Å². The number of hydrogen-bond donors (Lipinski definition) is 3. The molecule has 0 atom stereocenters. The minimum Gasteiger partial charge on any atom is -0.377 e. The van der Waals surface area contributed by atoms with E-state index < -0.39 is 0 Å². The van der Waals surface area contributed by atoms with Gasteiger partial charge in [-0.05, 0) is 17.9 Å². The molecule has 0 radical (unpaired) electrons. The fraction of sp³-hybridized carbons (Fsp3) is 0.333. The minimum atomic E-state index is 0.356. The number of nitrogen functional groups attached to an aromatic ring is 1. The summed E-state index contributed by atoms with van der Waals surface area (Å²) in [6, 6.07) is 5.95. The maximum atomic E-state index is 5.38. The average molecular weight is 279 g/mol. The molecule has 2 aromatic heterocycles. The molecule has 0 bridgehead atoms. The molecule has 19 heavy (non-hydrogen) atoms. The Hall–Kier alpha value is -1.70. The average Bonchev–Trinajstić information content (AvgIpc) is 2.92. The highest BCUT2D eigenvalue weighted by molar-refractivity contribution is 7.09. The van der Waals surface area contributed by atoms with Gasteiger partial charge in [-0.15, -0.1) is 11.3 Å². The first-order valence-corrected chi connectivity index (χ1v) is 6.79. The van der Waals surface area contributed by atoms with Gasteiger partial charge in [-0.3, -0.25) is 0 Å². The molecule has 0 saturated heterocycles. The van der Waals surface area contributed by atoms with Crippen LogP contribution in [0.1, 0.15) is 10.7 Å². The smallest absolute Gasteiger partial charge is 0.158 e. The molecule has 0 aliphatic rings. The molecular formula is C12H17N5OS. The maximum Gasteiger partial charge on any atom is 0.158 e. The number of nitrogens with two attached hydrogens (primary N) is 1. The lowest BCUT2D eigenvalue weighted by atomic mass is 10.3. The van der Waals surface area contributed by atoms with Crippen LogP contribution >= 0.6 is 11.3 Å².